The molecule has 0 unspecified atom stereocenters. The summed E-state index contributed by atoms with van der Waals surface area (Å²) in [6.07, 6.45) is 7.10. The number of nitrogens with zero attached hydrogens (tertiary/aromatic N) is 3. The van der Waals surface area contributed by atoms with Crippen LogP contribution in [0.15, 0.2) is 42.9 Å². The maximum atomic E-state index is 11.9. The largest absolute Gasteiger partial charge is 0.466 e. The van der Waals surface area contributed by atoms with Gasteiger partial charge >= 0.3 is 5.97 Å². The Morgan fingerprint density at radius 1 is 1.26 bits per heavy atom. The zero-order chi connectivity index (χ0) is 16.1. The molecular weight excluding hydrogens is 290 g/mol. The van der Waals surface area contributed by atoms with Crippen molar-refractivity contribution in [2.24, 2.45) is 5.92 Å². The fraction of sp³-hybridized carbons (Fsp3) is 0.389. The van der Waals surface area contributed by atoms with Crippen LogP contribution in [0.2, 0.25) is 0 Å². The number of pyridine rings is 2. The number of hydrogen-bond donors (Lipinski definition) is 0. The number of hydrogen-bond acceptors (Lipinski definition) is 5. The van der Waals surface area contributed by atoms with Crippen molar-refractivity contribution in [2.45, 2.75) is 19.8 Å². The fourth-order valence-electron chi connectivity index (χ4n) is 2.99. The van der Waals surface area contributed by atoms with Crippen LogP contribution in [0.3, 0.4) is 0 Å². The van der Waals surface area contributed by atoms with E-state index in [1.165, 1.54) is 0 Å². The smallest absolute Gasteiger partial charge is 0.309 e. The summed E-state index contributed by atoms with van der Waals surface area (Å²) in [7, 11) is 0. The van der Waals surface area contributed by atoms with Crippen LogP contribution in [0.5, 0.6) is 0 Å². The highest BCUT2D eigenvalue weighted by atomic mass is 16.5. The Bertz CT molecular complexity index is 652. The van der Waals surface area contributed by atoms with Crippen molar-refractivity contribution in [1.29, 1.82) is 0 Å². The van der Waals surface area contributed by atoms with Gasteiger partial charge in [0.1, 0.15) is 0 Å². The third kappa shape index (κ3) is 3.50. The van der Waals surface area contributed by atoms with Crippen LogP contribution in [0.4, 0.5) is 5.69 Å². The van der Waals surface area contributed by atoms with Crippen LogP contribution >= 0.6 is 0 Å². The number of rotatable bonds is 4. The topological polar surface area (TPSA) is 55.3 Å². The Morgan fingerprint density at radius 2 is 2.09 bits per heavy atom. The lowest BCUT2D eigenvalue weighted by atomic mass is 9.96. The van der Waals surface area contributed by atoms with Gasteiger partial charge in [-0.2, -0.15) is 0 Å². The van der Waals surface area contributed by atoms with Crippen molar-refractivity contribution < 1.29 is 9.53 Å². The lowest BCUT2D eigenvalue weighted by molar-refractivity contribution is -0.148. The van der Waals surface area contributed by atoms with Gasteiger partial charge in [-0.3, -0.25) is 14.8 Å². The summed E-state index contributed by atoms with van der Waals surface area (Å²) in [5.41, 5.74) is 3.10. The van der Waals surface area contributed by atoms with Gasteiger partial charge in [-0.25, -0.2) is 0 Å². The van der Waals surface area contributed by atoms with E-state index >= 15 is 0 Å². The van der Waals surface area contributed by atoms with Crippen molar-refractivity contribution in [3.8, 4) is 11.3 Å². The van der Waals surface area contributed by atoms with Crippen molar-refractivity contribution in [2.75, 3.05) is 24.6 Å². The zero-order valence-electron chi connectivity index (χ0n) is 13.3. The highest BCUT2D eigenvalue weighted by Gasteiger charge is 2.27. The van der Waals surface area contributed by atoms with E-state index in [1.807, 2.05) is 37.4 Å². The van der Waals surface area contributed by atoms with Gasteiger partial charge in [0.2, 0.25) is 0 Å². The molecule has 0 N–H and O–H groups in total. The molecule has 3 heterocycles. The van der Waals surface area contributed by atoms with Gasteiger partial charge in [0.25, 0.3) is 0 Å². The molecule has 0 atom stereocenters. The second-order valence-electron chi connectivity index (χ2n) is 5.62. The van der Waals surface area contributed by atoms with Crippen LogP contribution in [0.25, 0.3) is 11.3 Å². The Morgan fingerprint density at radius 3 is 2.78 bits per heavy atom. The highest BCUT2D eigenvalue weighted by molar-refractivity contribution is 5.76. The van der Waals surface area contributed by atoms with E-state index in [1.54, 1.807) is 12.4 Å². The first-order valence-electron chi connectivity index (χ1n) is 8.06. The molecule has 1 aliphatic rings. The minimum absolute atomic E-state index is 0.0150. The van der Waals surface area contributed by atoms with Crippen LogP contribution < -0.4 is 4.90 Å². The molecule has 5 nitrogen and oxygen atoms in total. The minimum Gasteiger partial charge on any atom is -0.466 e. The van der Waals surface area contributed by atoms with Gasteiger partial charge in [-0.15, -0.1) is 0 Å². The normalized spacial score (nSPS) is 15.4. The van der Waals surface area contributed by atoms with E-state index in [0.717, 1.165) is 42.9 Å². The van der Waals surface area contributed by atoms with E-state index in [9.17, 15) is 4.79 Å². The Hall–Kier alpha value is -2.43. The molecule has 0 saturated carbocycles. The minimum atomic E-state index is -0.0664. The number of piperidine rings is 1. The maximum Gasteiger partial charge on any atom is 0.309 e. The summed E-state index contributed by atoms with van der Waals surface area (Å²) in [6.45, 7) is 3.96. The van der Waals surface area contributed by atoms with Gasteiger partial charge in [-0.1, -0.05) is 6.07 Å². The molecule has 120 valence electrons. The summed E-state index contributed by atoms with van der Waals surface area (Å²) in [6, 6.07) is 7.90. The first-order chi connectivity index (χ1) is 11.3. The Balaban J connectivity index is 1.76. The van der Waals surface area contributed by atoms with Crippen molar-refractivity contribution in [3.05, 3.63) is 42.9 Å². The number of ether oxygens (including phenoxy) is 1. The summed E-state index contributed by atoms with van der Waals surface area (Å²) in [5.74, 6) is -0.0514. The molecule has 5 heteroatoms. The molecule has 2 aromatic rings. The Labute approximate surface area is 136 Å². The molecule has 0 bridgehead atoms. The van der Waals surface area contributed by atoms with E-state index in [-0.39, 0.29) is 11.9 Å². The van der Waals surface area contributed by atoms with Crippen LogP contribution in [0.1, 0.15) is 19.8 Å². The maximum absolute atomic E-state index is 11.9. The SMILES string of the molecule is CCOC(=O)C1CCN(c2cnccc2-c2ccccn2)CC1. The van der Waals surface area contributed by atoms with Crippen LogP contribution in [-0.2, 0) is 9.53 Å². The first-order valence-corrected chi connectivity index (χ1v) is 8.06. The number of carbonyl (C=O) groups is 1. The average molecular weight is 311 g/mol. The summed E-state index contributed by atoms with van der Waals surface area (Å²) < 4.78 is 5.14. The van der Waals surface area contributed by atoms with Gasteiger partial charge in [0.15, 0.2) is 0 Å². The van der Waals surface area contributed by atoms with Crippen LogP contribution in [0, 0.1) is 5.92 Å². The molecule has 23 heavy (non-hydrogen) atoms. The third-order valence-electron chi connectivity index (χ3n) is 4.20. The number of aromatic nitrogens is 2. The highest BCUT2D eigenvalue weighted by Crippen LogP contribution is 2.31. The molecular formula is C18H21N3O2. The van der Waals surface area contributed by atoms with Gasteiger partial charge in [-0.05, 0) is 38.0 Å². The molecule has 1 saturated heterocycles. The molecule has 2 aromatic heterocycles. The van der Waals surface area contributed by atoms with E-state index in [0.29, 0.717) is 6.61 Å². The lowest BCUT2D eigenvalue weighted by Gasteiger charge is -2.33. The third-order valence-corrected chi connectivity index (χ3v) is 4.20. The number of esters is 1. The first kappa shape index (κ1) is 15.5. The summed E-state index contributed by atoms with van der Waals surface area (Å²) in [5, 5.41) is 0. The molecule has 1 aliphatic heterocycles. The van der Waals surface area contributed by atoms with E-state index < -0.39 is 0 Å². The molecule has 0 aromatic carbocycles. The predicted molar refractivity (Wildman–Crippen MR) is 89.0 cm³/mol. The summed E-state index contributed by atoms with van der Waals surface area (Å²) in [4.78, 5) is 22.9. The monoisotopic (exact) mass is 311 g/mol. The van der Waals surface area contributed by atoms with E-state index in [2.05, 4.69) is 14.9 Å². The average Bonchev–Trinajstić information content (AvgIpc) is 2.63. The van der Waals surface area contributed by atoms with Crippen molar-refractivity contribution in [1.82, 2.24) is 9.97 Å². The van der Waals surface area contributed by atoms with E-state index in [4.69, 9.17) is 4.74 Å². The molecule has 0 aliphatic carbocycles. The molecule has 0 spiro atoms. The van der Waals surface area contributed by atoms with Crippen molar-refractivity contribution >= 4 is 11.7 Å². The fourth-order valence-corrected chi connectivity index (χ4v) is 2.99. The van der Waals surface area contributed by atoms with Crippen molar-refractivity contribution in [3.63, 3.8) is 0 Å². The predicted octanol–water partition coefficient (Wildman–Crippen LogP) is 2.92. The summed E-state index contributed by atoms with van der Waals surface area (Å²) >= 11 is 0. The Kier molecular flexibility index (Phi) is 4.86. The van der Waals surface area contributed by atoms with Gasteiger partial charge < -0.3 is 9.64 Å². The standard InChI is InChI=1S/C18H21N3O2/c1-2-23-18(22)14-7-11-21(12-8-14)17-13-19-10-6-15(17)16-5-3-4-9-20-16/h3-6,9-10,13-14H,2,7-8,11-12H2,1H3. The second kappa shape index (κ2) is 7.22. The molecule has 3 rings (SSSR count). The molecule has 0 amide bonds. The number of carbonyl (C=O) groups excluding carboxylic acids is 1. The van der Waals surface area contributed by atoms with Crippen LogP contribution in [-0.4, -0.2) is 35.6 Å². The second-order valence-corrected chi connectivity index (χ2v) is 5.62. The zero-order valence-corrected chi connectivity index (χ0v) is 13.3. The lowest BCUT2D eigenvalue weighted by Crippen LogP contribution is -2.37. The van der Waals surface area contributed by atoms with Gasteiger partial charge in [0, 0.05) is 31.0 Å². The number of anilines is 1. The molecule has 1 fully saturated rings. The quantitative estimate of drug-likeness (QED) is 0.813. The van der Waals surface area contributed by atoms with Gasteiger partial charge in [0.05, 0.1) is 30.1 Å². The molecule has 0 radical (unpaired) electrons.